The van der Waals surface area contributed by atoms with E-state index in [0.29, 0.717) is 11.3 Å². The van der Waals surface area contributed by atoms with Crippen molar-refractivity contribution in [3.8, 4) is 5.75 Å². The molecule has 0 atom stereocenters. The highest BCUT2D eigenvalue weighted by Gasteiger charge is 2.10. The Hall–Kier alpha value is -2.69. The first kappa shape index (κ1) is 14.7. The number of phenolic OH excluding ortho intramolecular Hbond substituents is 1. The Balaban J connectivity index is 1.86. The lowest BCUT2D eigenvalue weighted by Crippen LogP contribution is -2.13. The molecule has 21 heavy (non-hydrogen) atoms. The average molecular weight is 287 g/mol. The molecule has 108 valence electrons. The summed E-state index contributed by atoms with van der Waals surface area (Å²) >= 11 is 0. The fourth-order valence-electron chi connectivity index (χ4n) is 1.81. The number of anilines is 1. The maximum Gasteiger partial charge on any atom is 0.224 e. The summed E-state index contributed by atoms with van der Waals surface area (Å²) in [6, 6.07) is 11.4. The van der Waals surface area contributed by atoms with E-state index in [0.717, 1.165) is 0 Å². The second-order valence-electron chi connectivity index (χ2n) is 4.53. The van der Waals surface area contributed by atoms with Gasteiger partial charge in [0.15, 0.2) is 5.78 Å². The summed E-state index contributed by atoms with van der Waals surface area (Å²) in [5.41, 5.74) is 0.843. The summed E-state index contributed by atoms with van der Waals surface area (Å²) in [5, 5.41) is 11.9. The number of amides is 1. The molecule has 0 heterocycles. The molecule has 2 N–H and O–H groups in total. The van der Waals surface area contributed by atoms with E-state index in [1.165, 1.54) is 36.4 Å². The van der Waals surface area contributed by atoms with Gasteiger partial charge in [-0.15, -0.1) is 0 Å². The molecule has 1 amide bonds. The molecule has 4 nitrogen and oxygen atoms in total. The number of aromatic hydroxyl groups is 1. The predicted octanol–water partition coefficient (Wildman–Crippen LogP) is 3.13. The lowest BCUT2D eigenvalue weighted by molar-refractivity contribution is -0.116. The molecule has 0 fully saturated rings. The molecular weight excluding hydrogens is 273 g/mol. The van der Waals surface area contributed by atoms with Crippen LogP contribution in [0.15, 0.2) is 48.5 Å². The Kier molecular flexibility index (Phi) is 4.66. The van der Waals surface area contributed by atoms with E-state index < -0.39 is 5.82 Å². The van der Waals surface area contributed by atoms with Gasteiger partial charge in [0, 0.05) is 30.2 Å². The Morgan fingerprint density at radius 2 is 1.76 bits per heavy atom. The number of ketones is 1. The van der Waals surface area contributed by atoms with Gasteiger partial charge in [-0.05, 0) is 36.4 Å². The highest BCUT2D eigenvalue weighted by atomic mass is 19.1. The van der Waals surface area contributed by atoms with Crippen molar-refractivity contribution in [2.45, 2.75) is 12.8 Å². The van der Waals surface area contributed by atoms with Crippen molar-refractivity contribution in [1.29, 1.82) is 0 Å². The van der Waals surface area contributed by atoms with Crippen LogP contribution in [0.1, 0.15) is 23.2 Å². The zero-order valence-electron chi connectivity index (χ0n) is 11.2. The van der Waals surface area contributed by atoms with Crippen molar-refractivity contribution in [2.75, 3.05) is 5.32 Å². The van der Waals surface area contributed by atoms with Crippen LogP contribution in [0.25, 0.3) is 0 Å². The number of benzene rings is 2. The first-order chi connectivity index (χ1) is 10.0. The van der Waals surface area contributed by atoms with Gasteiger partial charge in [-0.2, -0.15) is 0 Å². The van der Waals surface area contributed by atoms with Crippen molar-refractivity contribution in [2.24, 2.45) is 0 Å². The summed E-state index contributed by atoms with van der Waals surface area (Å²) in [6.07, 6.45) is 0.0577. The zero-order chi connectivity index (χ0) is 15.2. The van der Waals surface area contributed by atoms with E-state index in [4.69, 9.17) is 0 Å². The van der Waals surface area contributed by atoms with E-state index in [1.54, 1.807) is 12.1 Å². The van der Waals surface area contributed by atoms with E-state index in [2.05, 4.69) is 5.32 Å². The molecule has 0 saturated heterocycles. The number of Topliss-reactive ketones (excluding diaryl/α,β-unsaturated/α-hetero) is 1. The number of carbonyl (C=O) groups excluding carboxylic acids is 2. The SMILES string of the molecule is O=C(CCC(=O)c1ccc(F)cc1)Nc1cccc(O)c1. The minimum absolute atomic E-state index is 0.0197. The molecule has 2 aromatic carbocycles. The van der Waals surface area contributed by atoms with Crippen molar-refractivity contribution in [3.63, 3.8) is 0 Å². The third-order valence-corrected chi connectivity index (χ3v) is 2.88. The largest absolute Gasteiger partial charge is 0.508 e. The molecule has 2 aromatic rings. The molecule has 0 aliphatic heterocycles. The molecule has 0 aliphatic carbocycles. The molecular formula is C16H14FNO3. The van der Waals surface area contributed by atoms with E-state index in [-0.39, 0.29) is 30.3 Å². The maximum absolute atomic E-state index is 12.7. The predicted molar refractivity (Wildman–Crippen MR) is 76.7 cm³/mol. The fourth-order valence-corrected chi connectivity index (χ4v) is 1.81. The van der Waals surface area contributed by atoms with Crippen LogP contribution in [0.2, 0.25) is 0 Å². The Morgan fingerprint density at radius 3 is 2.43 bits per heavy atom. The van der Waals surface area contributed by atoms with Crippen LogP contribution in [0.3, 0.4) is 0 Å². The van der Waals surface area contributed by atoms with Crippen molar-refractivity contribution in [1.82, 2.24) is 0 Å². The normalized spacial score (nSPS) is 10.1. The molecule has 2 rings (SSSR count). The first-order valence-electron chi connectivity index (χ1n) is 6.42. The summed E-state index contributed by atoms with van der Waals surface area (Å²) in [6.45, 7) is 0. The third-order valence-electron chi connectivity index (χ3n) is 2.88. The van der Waals surface area contributed by atoms with Gasteiger partial charge in [-0.1, -0.05) is 6.07 Å². The molecule has 0 aliphatic rings. The summed E-state index contributed by atoms with van der Waals surface area (Å²) in [4.78, 5) is 23.5. The third kappa shape index (κ3) is 4.42. The second kappa shape index (κ2) is 6.65. The Bertz CT molecular complexity index is 653. The quantitative estimate of drug-likeness (QED) is 0.830. The minimum Gasteiger partial charge on any atom is -0.508 e. The van der Waals surface area contributed by atoms with Gasteiger partial charge in [0.05, 0.1) is 0 Å². The molecule has 0 aromatic heterocycles. The van der Waals surface area contributed by atoms with Gasteiger partial charge < -0.3 is 10.4 Å². The van der Waals surface area contributed by atoms with Gasteiger partial charge in [0.1, 0.15) is 11.6 Å². The highest BCUT2D eigenvalue weighted by molar-refractivity contribution is 6.00. The molecule has 0 spiro atoms. The minimum atomic E-state index is -0.409. The van der Waals surface area contributed by atoms with Gasteiger partial charge >= 0.3 is 0 Å². The van der Waals surface area contributed by atoms with Crippen LogP contribution < -0.4 is 5.32 Å². The molecule has 0 unspecified atom stereocenters. The molecule has 0 radical (unpaired) electrons. The Morgan fingerprint density at radius 1 is 1.05 bits per heavy atom. The fraction of sp³-hybridized carbons (Fsp3) is 0.125. The molecule has 0 bridgehead atoms. The number of nitrogens with one attached hydrogen (secondary N) is 1. The van der Waals surface area contributed by atoms with Crippen LogP contribution in [0, 0.1) is 5.82 Å². The number of halogens is 1. The zero-order valence-corrected chi connectivity index (χ0v) is 11.2. The van der Waals surface area contributed by atoms with Crippen LogP contribution in [0.5, 0.6) is 5.75 Å². The Labute approximate surface area is 121 Å². The maximum atomic E-state index is 12.7. The van der Waals surface area contributed by atoms with Crippen LogP contribution in [-0.4, -0.2) is 16.8 Å². The summed E-state index contributed by atoms with van der Waals surface area (Å²) < 4.78 is 12.7. The number of hydrogen-bond donors (Lipinski definition) is 2. The van der Waals surface area contributed by atoms with Crippen molar-refractivity contribution >= 4 is 17.4 Å². The number of rotatable bonds is 5. The van der Waals surface area contributed by atoms with Gasteiger partial charge in [-0.3, -0.25) is 9.59 Å². The monoisotopic (exact) mass is 287 g/mol. The van der Waals surface area contributed by atoms with Crippen molar-refractivity contribution < 1.29 is 19.1 Å². The summed E-state index contributed by atoms with van der Waals surface area (Å²) in [7, 11) is 0. The number of carbonyl (C=O) groups is 2. The highest BCUT2D eigenvalue weighted by Crippen LogP contribution is 2.16. The van der Waals surface area contributed by atoms with E-state index in [1.807, 2.05) is 0 Å². The van der Waals surface area contributed by atoms with Gasteiger partial charge in [0.2, 0.25) is 5.91 Å². The topological polar surface area (TPSA) is 66.4 Å². The average Bonchev–Trinajstić information content (AvgIpc) is 2.45. The standard InChI is InChI=1S/C16H14FNO3/c17-12-6-4-11(5-7-12)15(20)8-9-16(21)18-13-2-1-3-14(19)10-13/h1-7,10,19H,8-9H2,(H,18,21). The lowest BCUT2D eigenvalue weighted by Gasteiger charge is -2.05. The van der Waals surface area contributed by atoms with E-state index >= 15 is 0 Å². The van der Waals surface area contributed by atoms with Crippen LogP contribution in [0.4, 0.5) is 10.1 Å². The first-order valence-corrected chi connectivity index (χ1v) is 6.42. The van der Waals surface area contributed by atoms with Crippen LogP contribution in [-0.2, 0) is 4.79 Å². The lowest BCUT2D eigenvalue weighted by atomic mass is 10.1. The smallest absolute Gasteiger partial charge is 0.224 e. The number of hydrogen-bond acceptors (Lipinski definition) is 3. The number of phenols is 1. The van der Waals surface area contributed by atoms with Crippen LogP contribution >= 0.6 is 0 Å². The van der Waals surface area contributed by atoms with Gasteiger partial charge in [-0.25, -0.2) is 4.39 Å². The molecule has 5 heteroatoms. The van der Waals surface area contributed by atoms with Gasteiger partial charge in [0.25, 0.3) is 0 Å². The van der Waals surface area contributed by atoms with E-state index in [9.17, 15) is 19.1 Å². The summed E-state index contributed by atoms with van der Waals surface area (Å²) in [5.74, 6) is -0.902. The van der Waals surface area contributed by atoms with Crippen molar-refractivity contribution in [3.05, 3.63) is 59.9 Å². The molecule has 0 saturated carbocycles. The second-order valence-corrected chi connectivity index (χ2v) is 4.53.